The maximum Gasteiger partial charge on any atom is 0.129 e. The summed E-state index contributed by atoms with van der Waals surface area (Å²) in [6, 6.07) is 0. The Balaban J connectivity index is 4.45. The van der Waals surface area contributed by atoms with Crippen molar-refractivity contribution in [3.63, 3.8) is 0 Å². The minimum absolute atomic E-state index is 0.349. The Labute approximate surface area is 253 Å². The molecule has 0 saturated carbocycles. The van der Waals surface area contributed by atoms with Crippen molar-refractivity contribution < 1.29 is 9.59 Å². The van der Waals surface area contributed by atoms with Gasteiger partial charge in [-0.05, 0) is 38.5 Å². The third kappa shape index (κ3) is 28.9. The predicted octanol–water partition coefficient (Wildman–Crippen LogP) is 13.1. The molecule has 0 heterocycles. The van der Waals surface area contributed by atoms with Gasteiger partial charge in [-0.2, -0.15) is 0 Å². The van der Waals surface area contributed by atoms with E-state index in [1.807, 2.05) is 0 Å². The summed E-state index contributed by atoms with van der Waals surface area (Å²) in [4.78, 5) is 22.2. The van der Waals surface area contributed by atoms with Crippen LogP contribution in [-0.4, -0.2) is 11.6 Å². The van der Waals surface area contributed by atoms with Gasteiger partial charge in [0.25, 0.3) is 0 Å². The molecule has 0 aromatic rings. The van der Waals surface area contributed by atoms with Crippen LogP contribution in [-0.2, 0) is 9.59 Å². The average Bonchev–Trinajstić information content (AvgIpc) is 2.92. The van der Waals surface area contributed by atoms with Gasteiger partial charge in [0, 0.05) is 12.8 Å². The fraction of sp³-hybridized carbons (Fsp3) is 0.947. The summed E-state index contributed by atoms with van der Waals surface area (Å²) in [7, 11) is 0. The molecule has 2 nitrogen and oxygen atoms in total. The predicted molar refractivity (Wildman–Crippen MR) is 178 cm³/mol. The van der Waals surface area contributed by atoms with Gasteiger partial charge in [0.05, 0.1) is 0 Å². The lowest BCUT2D eigenvalue weighted by molar-refractivity contribution is -0.117. The number of hydrogen-bond donors (Lipinski definition) is 0. The first-order chi connectivity index (χ1) is 19.5. The molecule has 238 valence electrons. The summed E-state index contributed by atoms with van der Waals surface area (Å²) in [6.07, 6.45) is 40.1. The van der Waals surface area contributed by atoms with Crippen molar-refractivity contribution in [2.24, 2.45) is 11.8 Å². The highest BCUT2D eigenvalue weighted by Gasteiger charge is 2.20. The van der Waals surface area contributed by atoms with Crippen LogP contribution in [0.4, 0.5) is 0 Å². The maximum atomic E-state index is 11.1. The quantitative estimate of drug-likeness (QED) is 0.0745. The molecule has 0 aromatic heterocycles. The van der Waals surface area contributed by atoms with Crippen LogP contribution in [0.15, 0.2) is 0 Å². The van der Waals surface area contributed by atoms with E-state index in [0.717, 1.165) is 37.5 Å². The van der Waals surface area contributed by atoms with E-state index in [4.69, 9.17) is 0 Å². The van der Waals surface area contributed by atoms with Crippen molar-refractivity contribution in [3.8, 4) is 0 Å². The van der Waals surface area contributed by atoms with E-state index < -0.39 is 0 Å². The second-order valence-electron chi connectivity index (χ2n) is 13.4. The highest BCUT2D eigenvalue weighted by atomic mass is 16.1. The molecule has 0 rings (SSSR count). The number of rotatable bonds is 33. The van der Waals surface area contributed by atoms with Crippen LogP contribution in [0.5, 0.6) is 0 Å². The van der Waals surface area contributed by atoms with E-state index in [1.165, 1.54) is 167 Å². The molecule has 0 amide bonds. The lowest BCUT2D eigenvalue weighted by Crippen LogP contribution is -2.16. The fourth-order valence-electron chi connectivity index (χ4n) is 6.58. The maximum absolute atomic E-state index is 11.1. The highest BCUT2D eigenvalue weighted by molar-refractivity contribution is 5.75. The van der Waals surface area contributed by atoms with Crippen molar-refractivity contribution in [2.75, 3.05) is 0 Å². The van der Waals surface area contributed by atoms with Gasteiger partial charge in [0.2, 0.25) is 0 Å². The summed E-state index contributed by atoms with van der Waals surface area (Å²) in [5.74, 6) is 2.63. The smallest absolute Gasteiger partial charge is 0.129 e. The summed E-state index contributed by atoms with van der Waals surface area (Å²) in [5.41, 5.74) is 0. The molecule has 2 unspecified atom stereocenters. The monoisotopic (exact) mass is 563 g/mol. The second kappa shape index (κ2) is 31.3. The molecule has 0 bridgehead atoms. The van der Waals surface area contributed by atoms with Crippen molar-refractivity contribution in [2.45, 2.75) is 220 Å². The average molecular weight is 563 g/mol. The molecule has 0 aliphatic rings. The topological polar surface area (TPSA) is 34.1 Å². The number of unbranched alkanes of at least 4 members (excludes halogenated alkanes) is 20. The Morgan fingerprint density at radius 1 is 0.350 bits per heavy atom. The zero-order valence-corrected chi connectivity index (χ0v) is 28.2. The number of ketones is 2. The zero-order chi connectivity index (χ0) is 29.5. The molecule has 0 radical (unpaired) electrons. The highest BCUT2D eigenvalue weighted by Crippen LogP contribution is 2.33. The Bertz CT molecular complexity index is 492. The van der Waals surface area contributed by atoms with Crippen LogP contribution in [0.3, 0.4) is 0 Å². The molecule has 0 fully saturated rings. The van der Waals surface area contributed by atoms with Gasteiger partial charge in [0.15, 0.2) is 0 Å². The molecule has 0 saturated heterocycles. The summed E-state index contributed by atoms with van der Waals surface area (Å²) >= 11 is 0. The van der Waals surface area contributed by atoms with Crippen LogP contribution in [0.25, 0.3) is 0 Å². The van der Waals surface area contributed by atoms with Gasteiger partial charge in [-0.25, -0.2) is 0 Å². The molecular formula is C38H74O2. The molecule has 0 aromatic carbocycles. The number of carbonyl (C=O) groups excluding carboxylic acids is 2. The van der Waals surface area contributed by atoms with Crippen LogP contribution in [0.1, 0.15) is 220 Å². The Hall–Kier alpha value is -0.660. The second-order valence-corrected chi connectivity index (χ2v) is 13.4. The molecule has 0 aliphatic carbocycles. The normalized spacial score (nSPS) is 13.0. The molecular weight excluding hydrogens is 488 g/mol. The SMILES string of the molecule is CCCCCCC(CCCCCCCCCCC(C)=O)C(CCCCCC)CCCCCCCCCCC(C)=O. The van der Waals surface area contributed by atoms with E-state index in [9.17, 15) is 9.59 Å². The van der Waals surface area contributed by atoms with Crippen molar-refractivity contribution in [1.82, 2.24) is 0 Å². The minimum atomic E-state index is 0.349. The number of Topliss-reactive ketones (excluding diaryl/α,β-unsaturated/α-hetero) is 2. The molecule has 2 atom stereocenters. The van der Waals surface area contributed by atoms with Crippen LogP contribution in [0.2, 0.25) is 0 Å². The Morgan fingerprint density at radius 2 is 0.575 bits per heavy atom. The third-order valence-electron chi connectivity index (χ3n) is 9.23. The van der Waals surface area contributed by atoms with E-state index in [2.05, 4.69) is 13.8 Å². The number of hydrogen-bond acceptors (Lipinski definition) is 2. The van der Waals surface area contributed by atoms with Crippen molar-refractivity contribution >= 4 is 11.6 Å². The minimum Gasteiger partial charge on any atom is -0.300 e. The molecule has 0 N–H and O–H groups in total. The van der Waals surface area contributed by atoms with Gasteiger partial charge < -0.3 is 9.59 Å². The van der Waals surface area contributed by atoms with Gasteiger partial charge in [-0.15, -0.1) is 0 Å². The summed E-state index contributed by atoms with van der Waals surface area (Å²) in [6.45, 7) is 8.11. The van der Waals surface area contributed by atoms with Crippen LogP contribution >= 0.6 is 0 Å². The van der Waals surface area contributed by atoms with Gasteiger partial charge >= 0.3 is 0 Å². The van der Waals surface area contributed by atoms with Crippen LogP contribution in [0, 0.1) is 11.8 Å². The fourth-order valence-corrected chi connectivity index (χ4v) is 6.58. The van der Waals surface area contributed by atoms with E-state index in [-0.39, 0.29) is 0 Å². The summed E-state index contributed by atoms with van der Waals surface area (Å²) < 4.78 is 0. The Morgan fingerprint density at radius 3 is 0.825 bits per heavy atom. The largest absolute Gasteiger partial charge is 0.300 e. The van der Waals surface area contributed by atoms with Crippen molar-refractivity contribution in [3.05, 3.63) is 0 Å². The first-order valence-electron chi connectivity index (χ1n) is 18.5. The molecule has 40 heavy (non-hydrogen) atoms. The van der Waals surface area contributed by atoms with E-state index in [1.54, 1.807) is 13.8 Å². The lowest BCUT2D eigenvalue weighted by atomic mass is 9.78. The zero-order valence-electron chi connectivity index (χ0n) is 28.2. The molecule has 0 spiro atoms. The van der Waals surface area contributed by atoms with Crippen molar-refractivity contribution in [1.29, 1.82) is 0 Å². The van der Waals surface area contributed by atoms with Gasteiger partial charge in [0.1, 0.15) is 11.6 Å². The Kier molecular flexibility index (Phi) is 30.8. The van der Waals surface area contributed by atoms with E-state index in [0.29, 0.717) is 11.6 Å². The van der Waals surface area contributed by atoms with Gasteiger partial charge in [-0.3, -0.25) is 0 Å². The summed E-state index contributed by atoms with van der Waals surface area (Å²) in [5, 5.41) is 0. The first kappa shape index (κ1) is 39.3. The standard InChI is InChI=1S/C38H74O2/c1-5-7-9-25-31-37(33-27-21-17-13-11-15-19-23-29-35(3)39)38(32-26-10-8-6-2)34-28-22-18-14-12-16-20-24-30-36(4)40/h37-38H,5-34H2,1-4H3. The lowest BCUT2D eigenvalue weighted by Gasteiger charge is -2.28. The third-order valence-corrected chi connectivity index (χ3v) is 9.23. The van der Waals surface area contributed by atoms with Crippen LogP contribution < -0.4 is 0 Å². The number of carbonyl (C=O) groups is 2. The molecule has 2 heteroatoms. The first-order valence-corrected chi connectivity index (χ1v) is 18.5. The van der Waals surface area contributed by atoms with E-state index >= 15 is 0 Å². The van der Waals surface area contributed by atoms with Gasteiger partial charge in [-0.1, -0.05) is 181 Å². The molecule has 0 aliphatic heterocycles.